The van der Waals surface area contributed by atoms with Crippen LogP contribution < -0.4 is 0 Å². The summed E-state index contributed by atoms with van der Waals surface area (Å²) in [6.07, 6.45) is 0.440. The van der Waals surface area contributed by atoms with Crippen molar-refractivity contribution in [1.82, 2.24) is 14.7 Å². The number of hydrogen-bond acceptors (Lipinski definition) is 6. The molecule has 0 saturated carbocycles. The number of carboxylic acids is 2. The molecule has 0 aliphatic carbocycles. The third kappa shape index (κ3) is 8.61. The molecule has 1 saturated heterocycles. The van der Waals surface area contributed by atoms with Gasteiger partial charge in [0.1, 0.15) is 5.78 Å². The molecule has 0 atom stereocenters. The molecule has 0 unspecified atom stereocenters. The Morgan fingerprint density at radius 3 is 1.57 bits per heavy atom. The van der Waals surface area contributed by atoms with Crippen LogP contribution >= 0.6 is 0 Å². The molecule has 1 heterocycles. The predicted molar refractivity (Wildman–Crippen MR) is 113 cm³/mol. The van der Waals surface area contributed by atoms with E-state index in [1.807, 2.05) is 47.9 Å². The lowest BCUT2D eigenvalue weighted by Gasteiger charge is -2.25. The van der Waals surface area contributed by atoms with Gasteiger partial charge in [-0.2, -0.15) is 0 Å². The minimum atomic E-state index is -0.878. The minimum absolute atomic E-state index is 0.0251. The summed E-state index contributed by atoms with van der Waals surface area (Å²) >= 11 is 0. The van der Waals surface area contributed by atoms with Crippen LogP contribution in [0.3, 0.4) is 0 Å². The molecular weight excluding hydrogens is 386 g/mol. The molecule has 0 amide bonds. The molecule has 2 rings (SSSR count). The number of carboxylic acid groups (broad SMARTS) is 2. The van der Waals surface area contributed by atoms with Crippen molar-refractivity contribution in [2.45, 2.75) is 26.8 Å². The first-order valence-corrected chi connectivity index (χ1v) is 10.4. The van der Waals surface area contributed by atoms with Gasteiger partial charge in [-0.15, -0.1) is 0 Å². The van der Waals surface area contributed by atoms with Crippen molar-refractivity contribution in [3.8, 4) is 0 Å². The van der Waals surface area contributed by atoms with E-state index >= 15 is 0 Å². The van der Waals surface area contributed by atoms with Crippen LogP contribution in [-0.4, -0.2) is 95.0 Å². The second kappa shape index (κ2) is 11.8. The highest BCUT2D eigenvalue weighted by atomic mass is 16.4. The molecule has 30 heavy (non-hydrogen) atoms. The van der Waals surface area contributed by atoms with E-state index in [0.29, 0.717) is 52.2 Å². The summed E-state index contributed by atoms with van der Waals surface area (Å²) in [5.41, 5.74) is 2.12. The van der Waals surface area contributed by atoms with Crippen LogP contribution in [0, 0.1) is 5.92 Å². The zero-order chi connectivity index (χ0) is 22.1. The van der Waals surface area contributed by atoms with Gasteiger partial charge >= 0.3 is 11.9 Å². The molecule has 0 radical (unpaired) electrons. The van der Waals surface area contributed by atoms with Gasteiger partial charge in [0.25, 0.3) is 0 Å². The molecule has 1 aromatic rings. The topological polar surface area (TPSA) is 101 Å². The van der Waals surface area contributed by atoms with E-state index in [4.69, 9.17) is 10.2 Å². The summed E-state index contributed by atoms with van der Waals surface area (Å²) in [6, 6.07) is 8.03. The van der Waals surface area contributed by atoms with Gasteiger partial charge in [-0.3, -0.25) is 29.1 Å². The molecule has 8 heteroatoms. The maximum atomic E-state index is 11.9. The van der Waals surface area contributed by atoms with Gasteiger partial charge in [-0.1, -0.05) is 38.1 Å². The molecule has 1 aliphatic heterocycles. The van der Waals surface area contributed by atoms with Crippen molar-refractivity contribution in [3.05, 3.63) is 35.4 Å². The Kier molecular flexibility index (Phi) is 9.42. The Morgan fingerprint density at radius 2 is 1.17 bits per heavy atom. The standard InChI is InChI=1S/C22H33N3O5/c1-17(2)20(26)13-18-3-5-19(6-4-18)14-23-7-9-24(15-21(27)28)11-12-25(10-8-23)16-22(29)30/h3-6,17H,7-16H2,1-2H3,(H,27,28)(H,29,30). The van der Waals surface area contributed by atoms with E-state index in [1.54, 1.807) is 0 Å². The van der Waals surface area contributed by atoms with Gasteiger partial charge in [-0.25, -0.2) is 0 Å². The molecule has 1 aliphatic rings. The van der Waals surface area contributed by atoms with Crippen molar-refractivity contribution in [1.29, 1.82) is 0 Å². The summed E-state index contributed by atoms with van der Waals surface area (Å²) in [5, 5.41) is 18.3. The van der Waals surface area contributed by atoms with Gasteiger partial charge in [0.05, 0.1) is 13.1 Å². The summed E-state index contributed by atoms with van der Waals surface area (Å²) in [6.45, 7) is 8.13. The summed E-state index contributed by atoms with van der Waals surface area (Å²) in [4.78, 5) is 40.2. The first-order chi connectivity index (χ1) is 14.2. The molecule has 166 valence electrons. The number of aliphatic carboxylic acids is 2. The van der Waals surface area contributed by atoms with E-state index in [2.05, 4.69) is 4.90 Å². The van der Waals surface area contributed by atoms with Crippen molar-refractivity contribution >= 4 is 17.7 Å². The van der Waals surface area contributed by atoms with E-state index < -0.39 is 11.9 Å². The number of Topliss-reactive ketones (excluding diaryl/α,β-unsaturated/α-hetero) is 1. The average Bonchev–Trinajstić information content (AvgIpc) is 2.75. The lowest BCUT2D eigenvalue weighted by Crippen LogP contribution is -2.40. The molecule has 1 fully saturated rings. The van der Waals surface area contributed by atoms with Crippen molar-refractivity contribution < 1.29 is 24.6 Å². The van der Waals surface area contributed by atoms with Crippen LogP contribution in [0.2, 0.25) is 0 Å². The number of nitrogens with zero attached hydrogens (tertiary/aromatic N) is 3. The number of rotatable bonds is 9. The van der Waals surface area contributed by atoms with E-state index in [1.165, 1.54) is 0 Å². The molecule has 2 N–H and O–H groups in total. The minimum Gasteiger partial charge on any atom is -0.480 e. The van der Waals surface area contributed by atoms with Crippen molar-refractivity contribution in [2.75, 3.05) is 52.4 Å². The SMILES string of the molecule is CC(C)C(=O)Cc1ccc(CN2CCN(CC(=O)O)CCN(CC(=O)O)CC2)cc1. The third-order valence-electron chi connectivity index (χ3n) is 5.37. The van der Waals surface area contributed by atoms with Crippen LogP contribution in [0.25, 0.3) is 0 Å². The second-order valence-corrected chi connectivity index (χ2v) is 8.23. The zero-order valence-corrected chi connectivity index (χ0v) is 17.9. The number of carbonyl (C=O) groups excluding carboxylic acids is 1. The molecular formula is C22H33N3O5. The van der Waals surface area contributed by atoms with Crippen LogP contribution in [-0.2, 0) is 27.3 Å². The largest absolute Gasteiger partial charge is 0.480 e. The van der Waals surface area contributed by atoms with Gasteiger partial charge in [0, 0.05) is 58.2 Å². The number of carbonyl (C=O) groups is 3. The maximum absolute atomic E-state index is 11.9. The third-order valence-corrected chi connectivity index (χ3v) is 5.37. The quantitative estimate of drug-likeness (QED) is 0.612. The van der Waals surface area contributed by atoms with Crippen LogP contribution in [0.1, 0.15) is 25.0 Å². The van der Waals surface area contributed by atoms with Gasteiger partial charge in [0.15, 0.2) is 0 Å². The smallest absolute Gasteiger partial charge is 0.317 e. The lowest BCUT2D eigenvalue weighted by molar-refractivity contribution is -0.140. The fourth-order valence-corrected chi connectivity index (χ4v) is 3.47. The number of ketones is 1. The Bertz CT molecular complexity index is 692. The number of hydrogen-bond donors (Lipinski definition) is 2. The first-order valence-electron chi connectivity index (χ1n) is 10.4. The van der Waals surface area contributed by atoms with E-state index in [9.17, 15) is 14.4 Å². The summed E-state index contributed by atoms with van der Waals surface area (Å²) in [5.74, 6) is -1.51. The Hall–Kier alpha value is -2.29. The fraction of sp³-hybridized carbons (Fsp3) is 0.591. The molecule has 0 bridgehead atoms. The van der Waals surface area contributed by atoms with Crippen molar-refractivity contribution in [3.63, 3.8) is 0 Å². The normalized spacial score (nSPS) is 17.3. The maximum Gasteiger partial charge on any atom is 0.317 e. The zero-order valence-electron chi connectivity index (χ0n) is 17.9. The van der Waals surface area contributed by atoms with Crippen LogP contribution in [0.4, 0.5) is 0 Å². The van der Waals surface area contributed by atoms with Crippen molar-refractivity contribution in [2.24, 2.45) is 5.92 Å². The lowest BCUT2D eigenvalue weighted by atomic mass is 10.0. The molecule has 8 nitrogen and oxygen atoms in total. The Morgan fingerprint density at radius 1 is 0.767 bits per heavy atom. The first kappa shape index (κ1) is 24.0. The predicted octanol–water partition coefficient (Wildman–Crippen LogP) is 1.04. The van der Waals surface area contributed by atoms with E-state index in [-0.39, 0.29) is 24.8 Å². The van der Waals surface area contributed by atoms with E-state index in [0.717, 1.165) is 11.1 Å². The van der Waals surface area contributed by atoms with Gasteiger partial charge in [0.2, 0.25) is 0 Å². The fourth-order valence-electron chi connectivity index (χ4n) is 3.47. The van der Waals surface area contributed by atoms with Gasteiger partial charge in [-0.05, 0) is 11.1 Å². The molecule has 1 aromatic carbocycles. The number of benzene rings is 1. The molecule has 0 aromatic heterocycles. The second-order valence-electron chi connectivity index (χ2n) is 8.23. The van der Waals surface area contributed by atoms with Gasteiger partial charge < -0.3 is 10.2 Å². The summed E-state index contributed by atoms with van der Waals surface area (Å²) < 4.78 is 0. The van der Waals surface area contributed by atoms with Crippen LogP contribution in [0.15, 0.2) is 24.3 Å². The monoisotopic (exact) mass is 419 g/mol. The van der Waals surface area contributed by atoms with Crippen LogP contribution in [0.5, 0.6) is 0 Å². The average molecular weight is 420 g/mol. The highest BCUT2D eigenvalue weighted by Crippen LogP contribution is 2.11. The molecule has 0 spiro atoms. The highest BCUT2D eigenvalue weighted by Gasteiger charge is 2.19. The Labute approximate surface area is 178 Å². The summed E-state index contributed by atoms with van der Waals surface area (Å²) in [7, 11) is 0. The highest BCUT2D eigenvalue weighted by molar-refractivity contribution is 5.82. The Balaban J connectivity index is 2.02.